The molecule has 3 rings (SSSR count). The van der Waals surface area contributed by atoms with E-state index in [9.17, 15) is 0 Å². The third kappa shape index (κ3) is 5.57. The van der Waals surface area contributed by atoms with Gasteiger partial charge >= 0.3 is 0 Å². The van der Waals surface area contributed by atoms with Crippen molar-refractivity contribution in [1.82, 2.24) is 0 Å². The highest BCUT2D eigenvalue weighted by molar-refractivity contribution is 7.63. The smallest absolute Gasteiger partial charge is 0.0634 e. The number of ether oxygens (including phenoxy) is 1. The lowest BCUT2D eigenvalue weighted by molar-refractivity contribution is 0.0413. The first-order valence-electron chi connectivity index (χ1n) is 11.8. The lowest BCUT2D eigenvalue weighted by Crippen LogP contribution is -2.26. The summed E-state index contributed by atoms with van der Waals surface area (Å²) in [5.74, 6) is 0.701. The molecule has 2 atom stereocenters. The molecule has 3 aliphatic rings. The second kappa shape index (κ2) is 11.2. The lowest BCUT2D eigenvalue weighted by atomic mass is 9.86. The Labute approximate surface area is 164 Å². The first-order valence-corrected chi connectivity index (χ1v) is 13.3. The van der Waals surface area contributed by atoms with Crippen LogP contribution in [0.25, 0.3) is 0 Å². The molecule has 3 aliphatic carbocycles. The molecule has 2 heteroatoms. The van der Waals surface area contributed by atoms with Gasteiger partial charge in [-0.05, 0) is 61.6 Å². The van der Waals surface area contributed by atoms with Crippen LogP contribution in [0, 0.1) is 5.92 Å². The van der Waals surface area contributed by atoms with E-state index in [-0.39, 0.29) is 7.92 Å². The summed E-state index contributed by atoms with van der Waals surface area (Å²) in [5.41, 5.74) is 2.09. The van der Waals surface area contributed by atoms with E-state index in [1.807, 2.05) is 12.4 Å². The van der Waals surface area contributed by atoms with Gasteiger partial charge in [-0.15, -0.1) is 0 Å². The van der Waals surface area contributed by atoms with Crippen molar-refractivity contribution < 1.29 is 4.74 Å². The van der Waals surface area contributed by atoms with Gasteiger partial charge in [-0.25, -0.2) is 0 Å². The third-order valence-electron chi connectivity index (χ3n) is 7.24. The maximum absolute atomic E-state index is 5.92. The molecule has 0 bridgehead atoms. The van der Waals surface area contributed by atoms with Crippen molar-refractivity contribution in [2.45, 2.75) is 127 Å². The number of hydrogen-bond donors (Lipinski definition) is 0. The van der Waals surface area contributed by atoms with Gasteiger partial charge in [0.2, 0.25) is 0 Å². The molecule has 0 aromatic carbocycles. The van der Waals surface area contributed by atoms with E-state index in [1.54, 1.807) is 0 Å². The molecule has 150 valence electrons. The number of methoxy groups -OCH3 is 1. The van der Waals surface area contributed by atoms with E-state index in [0.717, 1.165) is 11.3 Å². The molecular formula is C24H43OP. The molecular weight excluding hydrogens is 335 g/mol. The summed E-state index contributed by atoms with van der Waals surface area (Å²) >= 11 is 0. The SMILES string of the molecule is CCC/C(=C/[C@H]1CCCCC1OC)P(C1CCCCC1)C1CCCCC1. The summed E-state index contributed by atoms with van der Waals surface area (Å²) < 4.78 is 5.92. The normalized spacial score (nSPS) is 30.0. The minimum Gasteiger partial charge on any atom is -0.381 e. The summed E-state index contributed by atoms with van der Waals surface area (Å²) in [7, 11) is 2.04. The average molecular weight is 379 g/mol. The van der Waals surface area contributed by atoms with Crippen molar-refractivity contribution in [3.8, 4) is 0 Å². The van der Waals surface area contributed by atoms with E-state index in [1.165, 1.54) is 103 Å². The molecule has 0 saturated heterocycles. The standard InChI is InChI=1S/C24H43OP/c1-3-12-23(19-20-13-10-11-18-24(20)25-2)26(21-14-6-4-7-15-21)22-16-8-5-9-17-22/h19-22,24H,3-18H2,1-2H3/b23-19-/t20-,24?/m1/s1. The quantitative estimate of drug-likeness (QED) is 0.407. The predicted octanol–water partition coefficient (Wildman–Crippen LogP) is 8.02. The molecule has 0 heterocycles. The van der Waals surface area contributed by atoms with E-state index < -0.39 is 0 Å². The van der Waals surface area contributed by atoms with Gasteiger partial charge in [0.05, 0.1) is 6.10 Å². The minimum atomic E-state index is 0.0903. The Kier molecular flexibility index (Phi) is 8.99. The summed E-state index contributed by atoms with van der Waals surface area (Å²) in [6.07, 6.45) is 26.5. The van der Waals surface area contributed by atoms with Crippen molar-refractivity contribution in [1.29, 1.82) is 0 Å². The molecule has 0 amide bonds. The maximum atomic E-state index is 5.92. The van der Waals surface area contributed by atoms with Gasteiger partial charge < -0.3 is 4.74 Å². The fraction of sp³-hybridized carbons (Fsp3) is 0.917. The van der Waals surface area contributed by atoms with Gasteiger partial charge in [0.15, 0.2) is 0 Å². The lowest BCUT2D eigenvalue weighted by Gasteiger charge is -2.41. The molecule has 3 saturated carbocycles. The molecule has 0 radical (unpaired) electrons. The first kappa shape index (κ1) is 20.9. The van der Waals surface area contributed by atoms with Crippen LogP contribution in [0.5, 0.6) is 0 Å². The Balaban J connectivity index is 1.83. The van der Waals surface area contributed by atoms with E-state index in [4.69, 9.17) is 4.74 Å². The predicted molar refractivity (Wildman–Crippen MR) is 116 cm³/mol. The fourth-order valence-electron chi connectivity index (χ4n) is 5.90. The molecule has 1 unspecified atom stereocenters. The van der Waals surface area contributed by atoms with Crippen LogP contribution >= 0.6 is 7.92 Å². The topological polar surface area (TPSA) is 9.23 Å². The zero-order chi connectivity index (χ0) is 18.2. The molecule has 26 heavy (non-hydrogen) atoms. The summed E-state index contributed by atoms with van der Waals surface area (Å²) in [5, 5.41) is 1.93. The van der Waals surface area contributed by atoms with Gasteiger partial charge in [0.1, 0.15) is 0 Å². The fourth-order valence-corrected chi connectivity index (χ4v) is 10.1. The molecule has 1 nitrogen and oxygen atoms in total. The van der Waals surface area contributed by atoms with Crippen LogP contribution in [0.15, 0.2) is 11.4 Å². The highest BCUT2D eigenvalue weighted by atomic mass is 31.1. The van der Waals surface area contributed by atoms with Crippen LogP contribution in [0.1, 0.15) is 110 Å². The van der Waals surface area contributed by atoms with Crippen molar-refractivity contribution >= 4 is 7.92 Å². The second-order valence-electron chi connectivity index (χ2n) is 9.12. The van der Waals surface area contributed by atoms with Crippen molar-refractivity contribution in [2.24, 2.45) is 5.92 Å². The van der Waals surface area contributed by atoms with Crippen molar-refractivity contribution in [2.75, 3.05) is 7.11 Å². The molecule has 0 aromatic rings. The summed E-state index contributed by atoms with van der Waals surface area (Å²) in [6, 6.07) is 0. The highest BCUT2D eigenvalue weighted by Crippen LogP contribution is 2.62. The third-order valence-corrected chi connectivity index (χ3v) is 10.9. The molecule has 0 aliphatic heterocycles. The van der Waals surface area contributed by atoms with Gasteiger partial charge in [0.25, 0.3) is 0 Å². The summed E-state index contributed by atoms with van der Waals surface area (Å²) in [4.78, 5) is 0. The minimum absolute atomic E-state index is 0.0903. The number of allylic oxidation sites excluding steroid dienone is 1. The Morgan fingerprint density at radius 2 is 1.35 bits per heavy atom. The summed E-state index contributed by atoms with van der Waals surface area (Å²) in [6.45, 7) is 2.40. The van der Waals surface area contributed by atoms with Gasteiger partial charge in [-0.1, -0.05) is 78.7 Å². The van der Waals surface area contributed by atoms with Crippen molar-refractivity contribution in [3.05, 3.63) is 11.4 Å². The number of rotatable bonds is 7. The van der Waals surface area contributed by atoms with Crippen LogP contribution in [0.3, 0.4) is 0 Å². The zero-order valence-corrected chi connectivity index (χ0v) is 18.5. The van der Waals surface area contributed by atoms with Crippen LogP contribution < -0.4 is 0 Å². The van der Waals surface area contributed by atoms with E-state index >= 15 is 0 Å². The Bertz CT molecular complexity index is 402. The number of hydrogen-bond acceptors (Lipinski definition) is 1. The zero-order valence-electron chi connectivity index (χ0n) is 17.6. The van der Waals surface area contributed by atoms with E-state index in [2.05, 4.69) is 13.0 Å². The van der Waals surface area contributed by atoms with Crippen LogP contribution in [0.4, 0.5) is 0 Å². The van der Waals surface area contributed by atoms with E-state index in [0.29, 0.717) is 12.0 Å². The van der Waals surface area contributed by atoms with Crippen molar-refractivity contribution in [3.63, 3.8) is 0 Å². The van der Waals surface area contributed by atoms with Gasteiger partial charge in [-0.2, -0.15) is 0 Å². The molecule has 0 N–H and O–H groups in total. The largest absolute Gasteiger partial charge is 0.381 e. The molecule has 0 spiro atoms. The maximum Gasteiger partial charge on any atom is 0.0634 e. The van der Waals surface area contributed by atoms with Gasteiger partial charge in [-0.3, -0.25) is 0 Å². The van der Waals surface area contributed by atoms with Crippen LogP contribution in [-0.2, 0) is 4.74 Å². The van der Waals surface area contributed by atoms with Crippen LogP contribution in [0.2, 0.25) is 0 Å². The highest BCUT2D eigenvalue weighted by Gasteiger charge is 2.34. The Morgan fingerprint density at radius 3 is 1.88 bits per heavy atom. The molecule has 0 aromatic heterocycles. The average Bonchev–Trinajstić information content (AvgIpc) is 2.70. The van der Waals surface area contributed by atoms with Gasteiger partial charge in [0, 0.05) is 13.0 Å². The van der Waals surface area contributed by atoms with Crippen LogP contribution in [-0.4, -0.2) is 24.5 Å². The Morgan fingerprint density at radius 1 is 0.808 bits per heavy atom. The molecule has 3 fully saturated rings. The Hall–Kier alpha value is 0.130. The monoisotopic (exact) mass is 378 g/mol. The first-order chi connectivity index (χ1) is 12.8. The second-order valence-corrected chi connectivity index (χ2v) is 12.0.